The average molecular weight is 280 g/mol. The van der Waals surface area contributed by atoms with E-state index in [1.54, 1.807) is 0 Å². The van der Waals surface area contributed by atoms with E-state index in [-0.39, 0.29) is 12.0 Å². The van der Waals surface area contributed by atoms with Gasteiger partial charge in [-0.25, -0.2) is 0 Å². The Kier molecular flexibility index (Phi) is 5.41. The third kappa shape index (κ3) is 4.48. The van der Waals surface area contributed by atoms with E-state index in [2.05, 4.69) is 11.2 Å². The van der Waals surface area contributed by atoms with E-state index in [1.165, 1.54) is 0 Å². The lowest BCUT2D eigenvalue weighted by atomic mass is 9.98. The lowest BCUT2D eigenvalue weighted by Gasteiger charge is -2.33. The first kappa shape index (κ1) is 15.3. The fourth-order valence-electron chi connectivity index (χ4n) is 2.43. The van der Waals surface area contributed by atoms with Gasteiger partial charge in [-0.3, -0.25) is 9.69 Å². The van der Waals surface area contributed by atoms with Crippen LogP contribution in [0, 0.1) is 12.3 Å². The maximum atomic E-state index is 12.0. The SMILES string of the molecule is C#CCN(C)CCC1CCC(O)C(C(=O)NC2CC2)O1. The van der Waals surface area contributed by atoms with Crippen molar-refractivity contribution in [3.8, 4) is 12.3 Å². The minimum absolute atomic E-state index is 0.0218. The summed E-state index contributed by atoms with van der Waals surface area (Å²) < 4.78 is 5.78. The number of carbonyl (C=O) groups excluding carboxylic acids is 1. The van der Waals surface area contributed by atoms with Gasteiger partial charge in [0.25, 0.3) is 5.91 Å². The molecule has 5 nitrogen and oxygen atoms in total. The molecule has 2 N–H and O–H groups in total. The Balaban J connectivity index is 1.77. The summed E-state index contributed by atoms with van der Waals surface area (Å²) in [5.41, 5.74) is 0. The number of nitrogens with one attached hydrogen (secondary N) is 1. The lowest BCUT2D eigenvalue weighted by molar-refractivity contribution is -0.158. The second kappa shape index (κ2) is 7.07. The first-order chi connectivity index (χ1) is 9.60. The fraction of sp³-hybridized carbons (Fsp3) is 0.800. The van der Waals surface area contributed by atoms with Crippen molar-refractivity contribution in [2.45, 2.75) is 56.5 Å². The largest absolute Gasteiger partial charge is 0.390 e. The zero-order chi connectivity index (χ0) is 14.5. The summed E-state index contributed by atoms with van der Waals surface area (Å²) in [5, 5.41) is 12.8. The van der Waals surface area contributed by atoms with Crippen LogP contribution < -0.4 is 5.32 Å². The summed E-state index contributed by atoms with van der Waals surface area (Å²) >= 11 is 0. The molecule has 0 aromatic heterocycles. The molecule has 0 aromatic rings. The Morgan fingerprint density at radius 1 is 1.45 bits per heavy atom. The number of aliphatic hydroxyl groups is 1. The Hall–Kier alpha value is -1.09. The van der Waals surface area contributed by atoms with Crippen molar-refractivity contribution in [1.29, 1.82) is 0 Å². The molecule has 3 unspecified atom stereocenters. The molecule has 0 spiro atoms. The number of rotatable bonds is 6. The van der Waals surface area contributed by atoms with Gasteiger partial charge in [0.05, 0.1) is 18.8 Å². The number of terminal acetylenes is 1. The summed E-state index contributed by atoms with van der Waals surface area (Å²) in [4.78, 5) is 14.1. The van der Waals surface area contributed by atoms with Gasteiger partial charge in [0.1, 0.15) is 0 Å². The average Bonchev–Trinajstić information content (AvgIpc) is 3.22. The molecule has 5 heteroatoms. The maximum absolute atomic E-state index is 12.0. The zero-order valence-corrected chi connectivity index (χ0v) is 12.0. The quantitative estimate of drug-likeness (QED) is 0.679. The Bertz CT molecular complexity index is 376. The van der Waals surface area contributed by atoms with Crippen LogP contribution in [0.25, 0.3) is 0 Å². The topological polar surface area (TPSA) is 61.8 Å². The molecular formula is C15H24N2O3. The first-order valence-electron chi connectivity index (χ1n) is 7.36. The van der Waals surface area contributed by atoms with Gasteiger partial charge in [0.2, 0.25) is 0 Å². The second-order valence-electron chi connectivity index (χ2n) is 5.84. The molecular weight excluding hydrogens is 256 g/mol. The van der Waals surface area contributed by atoms with Crippen LogP contribution in [0.4, 0.5) is 0 Å². The number of amides is 1. The fourth-order valence-corrected chi connectivity index (χ4v) is 2.43. The van der Waals surface area contributed by atoms with Crippen LogP contribution in [-0.2, 0) is 9.53 Å². The highest BCUT2D eigenvalue weighted by Gasteiger charge is 2.37. The van der Waals surface area contributed by atoms with E-state index < -0.39 is 12.2 Å². The van der Waals surface area contributed by atoms with Gasteiger partial charge in [-0.1, -0.05) is 5.92 Å². The number of hydrogen-bond donors (Lipinski definition) is 2. The van der Waals surface area contributed by atoms with Gasteiger partial charge in [-0.2, -0.15) is 0 Å². The Morgan fingerprint density at radius 3 is 2.85 bits per heavy atom. The number of carbonyl (C=O) groups is 1. The summed E-state index contributed by atoms with van der Waals surface area (Å²) in [7, 11) is 1.97. The van der Waals surface area contributed by atoms with Crippen molar-refractivity contribution in [3.63, 3.8) is 0 Å². The van der Waals surface area contributed by atoms with E-state index in [0.29, 0.717) is 19.0 Å². The first-order valence-corrected chi connectivity index (χ1v) is 7.36. The highest BCUT2D eigenvalue weighted by molar-refractivity contribution is 5.82. The highest BCUT2D eigenvalue weighted by Crippen LogP contribution is 2.24. The van der Waals surface area contributed by atoms with Crippen LogP contribution in [0.1, 0.15) is 32.1 Å². The van der Waals surface area contributed by atoms with Crippen LogP contribution in [0.5, 0.6) is 0 Å². The molecule has 20 heavy (non-hydrogen) atoms. The van der Waals surface area contributed by atoms with Gasteiger partial charge in [0, 0.05) is 12.6 Å². The van der Waals surface area contributed by atoms with E-state index in [1.807, 2.05) is 11.9 Å². The zero-order valence-electron chi connectivity index (χ0n) is 12.0. The van der Waals surface area contributed by atoms with Crippen LogP contribution in [0.3, 0.4) is 0 Å². The molecule has 0 radical (unpaired) electrons. The minimum atomic E-state index is -0.715. The van der Waals surface area contributed by atoms with E-state index in [0.717, 1.165) is 32.2 Å². The second-order valence-corrected chi connectivity index (χ2v) is 5.84. The number of aliphatic hydroxyl groups excluding tert-OH is 1. The Morgan fingerprint density at radius 2 is 2.20 bits per heavy atom. The molecule has 1 aliphatic carbocycles. The van der Waals surface area contributed by atoms with Crippen molar-refractivity contribution in [1.82, 2.24) is 10.2 Å². The summed E-state index contributed by atoms with van der Waals surface area (Å²) in [5.74, 6) is 2.43. The van der Waals surface area contributed by atoms with Gasteiger partial charge in [0.15, 0.2) is 6.10 Å². The van der Waals surface area contributed by atoms with Gasteiger partial charge >= 0.3 is 0 Å². The van der Waals surface area contributed by atoms with Gasteiger partial charge in [-0.15, -0.1) is 6.42 Å². The molecule has 1 amide bonds. The third-order valence-corrected chi connectivity index (χ3v) is 3.85. The lowest BCUT2D eigenvalue weighted by Crippen LogP contribution is -2.49. The molecule has 0 aromatic carbocycles. The molecule has 2 aliphatic rings. The van der Waals surface area contributed by atoms with Crippen LogP contribution in [-0.4, -0.2) is 60.4 Å². The third-order valence-electron chi connectivity index (χ3n) is 3.85. The summed E-state index contributed by atoms with van der Waals surface area (Å²) in [6.07, 6.45) is 8.19. The van der Waals surface area contributed by atoms with Crippen molar-refractivity contribution in [2.75, 3.05) is 20.1 Å². The smallest absolute Gasteiger partial charge is 0.252 e. The van der Waals surface area contributed by atoms with Crippen molar-refractivity contribution in [2.24, 2.45) is 0 Å². The summed E-state index contributed by atoms with van der Waals surface area (Å²) in [6.45, 7) is 1.45. The Labute approximate surface area is 120 Å². The van der Waals surface area contributed by atoms with Crippen LogP contribution in [0.2, 0.25) is 0 Å². The van der Waals surface area contributed by atoms with E-state index in [9.17, 15) is 9.90 Å². The normalized spacial score (nSPS) is 30.0. The summed E-state index contributed by atoms with van der Waals surface area (Å²) in [6, 6.07) is 0.292. The van der Waals surface area contributed by atoms with Gasteiger partial charge < -0.3 is 15.2 Å². The van der Waals surface area contributed by atoms with E-state index >= 15 is 0 Å². The van der Waals surface area contributed by atoms with Crippen molar-refractivity contribution in [3.05, 3.63) is 0 Å². The molecule has 1 heterocycles. The molecule has 1 saturated heterocycles. The van der Waals surface area contributed by atoms with Crippen LogP contribution >= 0.6 is 0 Å². The van der Waals surface area contributed by atoms with E-state index in [4.69, 9.17) is 11.2 Å². The van der Waals surface area contributed by atoms with Crippen LogP contribution in [0.15, 0.2) is 0 Å². The molecule has 1 aliphatic heterocycles. The predicted octanol–water partition coefficient (Wildman–Crippen LogP) is 0.129. The number of ether oxygens (including phenoxy) is 1. The predicted molar refractivity (Wildman–Crippen MR) is 76.0 cm³/mol. The minimum Gasteiger partial charge on any atom is -0.390 e. The molecule has 2 fully saturated rings. The highest BCUT2D eigenvalue weighted by atomic mass is 16.5. The molecule has 0 bridgehead atoms. The van der Waals surface area contributed by atoms with Gasteiger partial charge in [-0.05, 0) is 39.2 Å². The molecule has 1 saturated carbocycles. The maximum Gasteiger partial charge on any atom is 0.252 e. The number of nitrogens with zero attached hydrogens (tertiary/aromatic N) is 1. The number of hydrogen-bond acceptors (Lipinski definition) is 4. The standard InChI is InChI=1S/C15H24N2O3/c1-3-9-17(2)10-8-12-6-7-13(18)14(20-12)15(19)16-11-4-5-11/h1,11-14,18H,4-10H2,2H3,(H,16,19). The van der Waals surface area contributed by atoms with Crippen molar-refractivity contribution < 1.29 is 14.6 Å². The molecule has 112 valence electrons. The monoisotopic (exact) mass is 280 g/mol. The molecule has 3 atom stereocenters. The molecule has 2 rings (SSSR count). The van der Waals surface area contributed by atoms with Crippen molar-refractivity contribution >= 4 is 5.91 Å².